The number of sulfone groups is 1. The van der Waals surface area contributed by atoms with Crippen molar-refractivity contribution in [1.29, 1.82) is 0 Å². The van der Waals surface area contributed by atoms with E-state index < -0.39 is 50.5 Å². The third-order valence-electron chi connectivity index (χ3n) is 7.83. The number of carbonyl (C=O) groups is 1. The molecule has 12 heteroatoms. The van der Waals surface area contributed by atoms with E-state index >= 15 is 0 Å². The van der Waals surface area contributed by atoms with Gasteiger partial charge in [0.2, 0.25) is 0 Å². The Morgan fingerprint density at radius 1 is 1.03 bits per heavy atom. The highest BCUT2D eigenvalue weighted by Gasteiger charge is 2.57. The molecule has 0 spiro atoms. The van der Waals surface area contributed by atoms with Gasteiger partial charge < -0.3 is 5.32 Å². The van der Waals surface area contributed by atoms with Gasteiger partial charge in [-0.3, -0.25) is 4.79 Å². The molecule has 3 saturated carbocycles. The van der Waals surface area contributed by atoms with E-state index in [9.17, 15) is 39.6 Å². The lowest BCUT2D eigenvalue weighted by Crippen LogP contribution is -2.58. The maximum atomic E-state index is 14.4. The summed E-state index contributed by atoms with van der Waals surface area (Å²) in [5.74, 6) is -0.834. The summed E-state index contributed by atoms with van der Waals surface area (Å²) in [5, 5.41) is 1.39. The van der Waals surface area contributed by atoms with E-state index in [1.807, 2.05) is 0 Å². The predicted octanol–water partition coefficient (Wildman–Crippen LogP) is 5.62. The number of aromatic nitrogens is 1. The Bertz CT molecular complexity index is 1090. The molecule has 202 valence electrons. The first-order valence-electron chi connectivity index (χ1n) is 12.2. The summed E-state index contributed by atoms with van der Waals surface area (Å²) in [6.07, 6.45) is -5.85. The van der Waals surface area contributed by atoms with Crippen molar-refractivity contribution in [2.24, 2.45) is 17.3 Å². The van der Waals surface area contributed by atoms with Crippen molar-refractivity contribution in [1.82, 2.24) is 10.3 Å². The first-order chi connectivity index (χ1) is 16.6. The van der Waals surface area contributed by atoms with Gasteiger partial charge >= 0.3 is 12.4 Å². The molecular formula is C24H30F6N2O3S. The van der Waals surface area contributed by atoms with Gasteiger partial charge in [0.1, 0.15) is 11.7 Å². The molecule has 1 unspecified atom stereocenters. The van der Waals surface area contributed by atoms with Crippen LogP contribution in [0.4, 0.5) is 26.3 Å². The zero-order valence-corrected chi connectivity index (χ0v) is 20.7. The van der Waals surface area contributed by atoms with Gasteiger partial charge in [0.25, 0.3) is 5.91 Å². The minimum absolute atomic E-state index is 0.00671. The SMILES string of the molecule is Cc1nc(C(F)(F)F)ccc1C(=O)NC(C(F)(F)F)[C@]1(CC2CC2)CC[C@H](S(=O)(=O)CC2CC2)CC1. The molecule has 1 heterocycles. The number of carbonyl (C=O) groups excluding carboxylic acids is 1. The van der Waals surface area contributed by atoms with Crippen LogP contribution in [0.15, 0.2) is 12.1 Å². The zero-order chi connectivity index (χ0) is 26.5. The number of hydrogen-bond donors (Lipinski definition) is 1. The Morgan fingerprint density at radius 2 is 1.61 bits per heavy atom. The summed E-state index contributed by atoms with van der Waals surface area (Å²) in [4.78, 5) is 16.2. The van der Waals surface area contributed by atoms with Crippen molar-refractivity contribution < 1.29 is 39.6 Å². The number of halogens is 6. The molecule has 3 fully saturated rings. The Balaban J connectivity index is 1.57. The molecule has 0 radical (unpaired) electrons. The number of hydrogen-bond acceptors (Lipinski definition) is 4. The normalized spacial score (nSPS) is 26.5. The molecule has 1 N–H and O–H groups in total. The van der Waals surface area contributed by atoms with Crippen molar-refractivity contribution in [3.63, 3.8) is 0 Å². The van der Waals surface area contributed by atoms with Crippen LogP contribution in [-0.4, -0.2) is 42.5 Å². The average Bonchev–Trinajstić information content (AvgIpc) is 3.68. The quantitative estimate of drug-likeness (QED) is 0.434. The van der Waals surface area contributed by atoms with Crippen molar-refractivity contribution in [2.45, 2.75) is 88.4 Å². The summed E-state index contributed by atoms with van der Waals surface area (Å²) in [7, 11) is -3.40. The standard InChI is InChI=1S/C24H30F6N2O3S/c1-14-18(6-7-19(31-14)23(25,26)27)20(33)32-21(24(28,29)30)22(12-15-2-3-15)10-8-17(9-11-22)36(34,35)13-16-4-5-16/h6-7,15-17,21H,2-5,8-13H2,1H3,(H,32,33)/t17-,21?,22+. The summed E-state index contributed by atoms with van der Waals surface area (Å²) >= 11 is 0. The van der Waals surface area contributed by atoms with Crippen molar-refractivity contribution >= 4 is 15.7 Å². The fourth-order valence-electron chi connectivity index (χ4n) is 5.53. The predicted molar refractivity (Wildman–Crippen MR) is 120 cm³/mol. The number of nitrogens with one attached hydrogen (secondary N) is 1. The first-order valence-corrected chi connectivity index (χ1v) is 14.0. The second kappa shape index (κ2) is 9.47. The minimum atomic E-state index is -4.82. The topological polar surface area (TPSA) is 76.1 Å². The average molecular weight is 541 g/mol. The second-order valence-electron chi connectivity index (χ2n) is 10.8. The molecule has 0 saturated heterocycles. The van der Waals surface area contributed by atoms with Crippen LogP contribution in [-0.2, 0) is 16.0 Å². The monoisotopic (exact) mass is 540 g/mol. The van der Waals surface area contributed by atoms with E-state index in [2.05, 4.69) is 10.3 Å². The van der Waals surface area contributed by atoms with E-state index in [0.717, 1.165) is 38.7 Å². The molecule has 3 aliphatic rings. The Morgan fingerprint density at radius 3 is 2.08 bits per heavy atom. The number of amides is 1. The minimum Gasteiger partial charge on any atom is -0.340 e. The molecule has 3 aliphatic carbocycles. The maximum Gasteiger partial charge on any atom is 0.433 e. The number of pyridine rings is 1. The molecule has 1 atom stereocenters. The van der Waals surface area contributed by atoms with Crippen LogP contribution in [0.25, 0.3) is 0 Å². The second-order valence-corrected chi connectivity index (χ2v) is 13.1. The van der Waals surface area contributed by atoms with E-state index in [0.29, 0.717) is 6.07 Å². The van der Waals surface area contributed by atoms with Crippen LogP contribution in [0.5, 0.6) is 0 Å². The van der Waals surface area contributed by atoms with Crippen molar-refractivity contribution in [2.75, 3.05) is 5.75 Å². The number of alkyl halides is 6. The van der Waals surface area contributed by atoms with E-state index in [1.54, 1.807) is 0 Å². The highest BCUT2D eigenvalue weighted by molar-refractivity contribution is 7.92. The van der Waals surface area contributed by atoms with Gasteiger partial charge in [-0.1, -0.05) is 12.8 Å². The molecule has 0 aliphatic heterocycles. The molecule has 5 nitrogen and oxygen atoms in total. The number of rotatable bonds is 8. The van der Waals surface area contributed by atoms with Gasteiger partial charge in [-0.2, -0.15) is 26.3 Å². The molecule has 0 aromatic carbocycles. The molecule has 1 aromatic rings. The van der Waals surface area contributed by atoms with Crippen LogP contribution in [0, 0.1) is 24.2 Å². The lowest BCUT2D eigenvalue weighted by molar-refractivity contribution is -0.188. The van der Waals surface area contributed by atoms with Crippen LogP contribution in [0.1, 0.15) is 79.5 Å². The summed E-state index contributed by atoms with van der Waals surface area (Å²) < 4.78 is 108. The van der Waals surface area contributed by atoms with Crippen molar-refractivity contribution in [3.8, 4) is 0 Å². The van der Waals surface area contributed by atoms with Gasteiger partial charge in [0.15, 0.2) is 9.84 Å². The fourth-order valence-corrected chi connectivity index (χ4v) is 7.75. The molecular weight excluding hydrogens is 510 g/mol. The zero-order valence-electron chi connectivity index (χ0n) is 19.9. The van der Waals surface area contributed by atoms with Gasteiger partial charge in [-0.15, -0.1) is 0 Å². The Kier molecular flexibility index (Phi) is 7.15. The van der Waals surface area contributed by atoms with E-state index in [-0.39, 0.29) is 61.0 Å². The van der Waals surface area contributed by atoms with Crippen LogP contribution < -0.4 is 5.32 Å². The smallest absolute Gasteiger partial charge is 0.340 e. The number of aryl methyl sites for hydroxylation is 1. The van der Waals surface area contributed by atoms with Crippen molar-refractivity contribution in [3.05, 3.63) is 29.1 Å². The lowest BCUT2D eigenvalue weighted by Gasteiger charge is -2.46. The van der Waals surface area contributed by atoms with Gasteiger partial charge in [0.05, 0.1) is 22.3 Å². The highest BCUT2D eigenvalue weighted by atomic mass is 32.2. The lowest BCUT2D eigenvalue weighted by atomic mass is 9.65. The maximum absolute atomic E-state index is 14.4. The fraction of sp³-hybridized carbons (Fsp3) is 0.750. The Labute approximate surface area is 206 Å². The summed E-state index contributed by atoms with van der Waals surface area (Å²) in [5.41, 5.74) is -3.29. The Hall–Kier alpha value is -1.85. The largest absolute Gasteiger partial charge is 0.433 e. The highest BCUT2D eigenvalue weighted by Crippen LogP contribution is 2.54. The van der Waals surface area contributed by atoms with E-state index in [1.165, 1.54) is 0 Å². The summed E-state index contributed by atoms with van der Waals surface area (Å²) in [6, 6.07) is -0.838. The first kappa shape index (κ1) is 27.2. The van der Waals surface area contributed by atoms with Gasteiger partial charge in [-0.25, -0.2) is 13.4 Å². The van der Waals surface area contributed by atoms with Crippen LogP contribution in [0.2, 0.25) is 0 Å². The third kappa shape index (κ3) is 6.16. The molecule has 1 aromatic heterocycles. The van der Waals surface area contributed by atoms with E-state index in [4.69, 9.17) is 0 Å². The van der Waals surface area contributed by atoms with Crippen LogP contribution in [0.3, 0.4) is 0 Å². The third-order valence-corrected chi connectivity index (χ3v) is 10.3. The van der Waals surface area contributed by atoms with Gasteiger partial charge in [0, 0.05) is 0 Å². The van der Waals surface area contributed by atoms with Gasteiger partial charge in [-0.05, 0) is 81.3 Å². The summed E-state index contributed by atoms with van der Waals surface area (Å²) in [6.45, 7) is 1.14. The molecule has 36 heavy (non-hydrogen) atoms. The molecule has 0 bridgehead atoms. The molecule has 1 amide bonds. The van der Waals surface area contributed by atoms with Crippen LogP contribution >= 0.6 is 0 Å². The molecule has 4 rings (SSSR count). The number of nitrogens with zero attached hydrogens (tertiary/aromatic N) is 1.